The average molecular weight is 1160 g/mol. The summed E-state index contributed by atoms with van der Waals surface area (Å²) in [6.07, 6.45) is 2.56. The van der Waals surface area contributed by atoms with Crippen LogP contribution in [0, 0.1) is 11.5 Å². The Bertz CT molecular complexity index is 3740. The summed E-state index contributed by atoms with van der Waals surface area (Å²) in [4.78, 5) is 15.3. The molecule has 382 valence electrons. The first-order valence-corrected chi connectivity index (χ1v) is 25.7. The summed E-state index contributed by atoms with van der Waals surface area (Å²) in [6, 6.07) is 46.7. The van der Waals surface area contributed by atoms with Gasteiger partial charge in [0.05, 0.1) is 28.0 Å². The number of para-hydroxylation sites is 1. The van der Waals surface area contributed by atoms with E-state index in [4.69, 9.17) is 18.8 Å². The van der Waals surface area contributed by atoms with Gasteiger partial charge in [0.2, 0.25) is 0 Å². The molecular weight excluding hydrogens is 1090 g/mol. The van der Waals surface area contributed by atoms with E-state index in [0.29, 0.717) is 39.7 Å². The first kappa shape index (κ1) is 52.3. The van der Waals surface area contributed by atoms with Gasteiger partial charge >= 0.3 is 0 Å². The van der Waals surface area contributed by atoms with Crippen molar-refractivity contribution in [1.29, 1.82) is 0 Å². The number of rotatable bonds is 7. The fourth-order valence-corrected chi connectivity index (χ4v) is 9.98. The van der Waals surface area contributed by atoms with Crippen LogP contribution in [0.1, 0.15) is 132 Å². The average Bonchev–Trinajstić information content (AvgIpc) is 4.05. The molecule has 0 atom stereocenters. The van der Waals surface area contributed by atoms with Crippen molar-refractivity contribution < 1.29 is 35.0 Å². The van der Waals surface area contributed by atoms with Crippen molar-refractivity contribution in [1.82, 2.24) is 19.5 Å². The van der Waals surface area contributed by atoms with Crippen LogP contribution >= 0.6 is 0 Å². The van der Waals surface area contributed by atoms with E-state index in [0.717, 1.165) is 78.6 Å². The Kier molecular flexibility index (Phi) is 13.2. The van der Waals surface area contributed by atoms with Gasteiger partial charge in [0, 0.05) is 43.6 Å². The molecule has 0 radical (unpaired) electrons. The number of fused-ring (bicyclic) bond motifs is 3. The maximum absolute atomic E-state index is 12.6. The van der Waals surface area contributed by atoms with Gasteiger partial charge in [-0.2, -0.15) is 0 Å². The molecule has 4 aromatic heterocycles. The van der Waals surface area contributed by atoms with E-state index in [9.17, 15) is 5.11 Å². The van der Waals surface area contributed by atoms with E-state index in [2.05, 4.69) is 235 Å². The molecule has 0 amide bonds. The monoisotopic (exact) mass is 1160 g/mol. The Balaban J connectivity index is 0.00000672. The quantitative estimate of drug-likeness (QED) is 0.160. The summed E-state index contributed by atoms with van der Waals surface area (Å²) >= 11 is 0. The SMILES string of the molecule is CC(C)(C)Cc1ccc2oc(-c3cc4ncnc(-c5[c-]c(-c6cccc7c6nc(-c6cc(C(C)(C)C)cc(C(C)(C)C)c6O)n7-c6ccc(C(C)(C)C)cc6-c6ccccc6)cc(C(C)(C)C)c5)c4o3)cc2c1.[Pt]. The normalized spacial score (nSPS) is 12.8. The van der Waals surface area contributed by atoms with Gasteiger partial charge in [-0.25, -0.2) is 9.97 Å². The molecule has 0 saturated carbocycles. The number of imidazole rings is 1. The van der Waals surface area contributed by atoms with Crippen LogP contribution in [0.3, 0.4) is 0 Å². The second-order valence-corrected chi connectivity index (χ2v) is 25.4. The number of furan rings is 2. The molecule has 6 aromatic carbocycles. The van der Waals surface area contributed by atoms with Crippen molar-refractivity contribution in [2.24, 2.45) is 5.41 Å². The van der Waals surface area contributed by atoms with Gasteiger partial charge in [-0.3, -0.25) is 9.55 Å². The Labute approximate surface area is 451 Å². The Hall–Kier alpha value is -6.56. The van der Waals surface area contributed by atoms with Crippen molar-refractivity contribution in [3.63, 3.8) is 0 Å². The van der Waals surface area contributed by atoms with Crippen molar-refractivity contribution in [3.8, 4) is 67.9 Å². The van der Waals surface area contributed by atoms with E-state index >= 15 is 0 Å². The second kappa shape index (κ2) is 18.7. The third-order valence-electron chi connectivity index (χ3n) is 14.0. The minimum atomic E-state index is -0.354. The third-order valence-corrected chi connectivity index (χ3v) is 14.0. The summed E-state index contributed by atoms with van der Waals surface area (Å²) in [5.74, 6) is 2.10. The Morgan fingerprint density at radius 1 is 0.568 bits per heavy atom. The molecule has 0 saturated heterocycles. The molecule has 0 aliphatic carbocycles. The van der Waals surface area contributed by atoms with Gasteiger partial charge < -0.3 is 13.9 Å². The van der Waals surface area contributed by atoms with E-state index in [1.807, 2.05) is 6.07 Å². The summed E-state index contributed by atoms with van der Waals surface area (Å²) in [5, 5.41) is 13.7. The zero-order valence-electron chi connectivity index (χ0n) is 45.7. The molecule has 10 aromatic rings. The van der Waals surface area contributed by atoms with E-state index in [-0.39, 0.29) is 53.9 Å². The van der Waals surface area contributed by atoms with Gasteiger partial charge in [-0.1, -0.05) is 176 Å². The minimum Gasteiger partial charge on any atom is -0.507 e. The predicted molar refractivity (Wildman–Crippen MR) is 302 cm³/mol. The van der Waals surface area contributed by atoms with Crippen LogP contribution in [0.15, 0.2) is 136 Å². The number of benzene rings is 6. The summed E-state index contributed by atoms with van der Waals surface area (Å²) < 4.78 is 15.4. The van der Waals surface area contributed by atoms with E-state index < -0.39 is 0 Å². The molecular formula is C66H69N4O3Pt-. The number of hydrogen-bond acceptors (Lipinski definition) is 6. The minimum absolute atomic E-state index is 0. The Morgan fingerprint density at radius 2 is 1.23 bits per heavy atom. The fourth-order valence-electron chi connectivity index (χ4n) is 9.98. The van der Waals surface area contributed by atoms with Crippen molar-refractivity contribution in [2.45, 2.75) is 132 Å². The maximum atomic E-state index is 12.6. The largest absolute Gasteiger partial charge is 0.507 e. The molecule has 74 heavy (non-hydrogen) atoms. The van der Waals surface area contributed by atoms with Gasteiger partial charge in [0.15, 0.2) is 11.5 Å². The molecule has 7 nitrogen and oxygen atoms in total. The standard InChI is InChI=1S/C66H69N4O3.Pt/c1-62(2,3)37-39-24-27-54-42(28-39)32-55(72-54)56-36-51-60(73-56)57(68-38-67-51)43-29-41(30-45(31-43)64(7,8)9)47-22-19-23-53-58(47)69-61(49-34-46(65(10,11)12)35-50(59(49)71)66(13,14)15)70(53)52-26-25-44(63(4,5)6)33-48(52)40-20-17-16-18-21-40;/h16-28,30-36,38,71H,37H2,1-15H3;/q-1;. The zero-order valence-corrected chi connectivity index (χ0v) is 48.0. The molecule has 0 unspecified atom stereocenters. The molecule has 0 aliphatic rings. The van der Waals surface area contributed by atoms with Gasteiger partial charge in [-0.15, -0.1) is 29.3 Å². The van der Waals surface area contributed by atoms with Crippen molar-refractivity contribution >= 4 is 33.1 Å². The molecule has 0 aliphatic heterocycles. The van der Waals surface area contributed by atoms with Crippen LogP contribution in [0.5, 0.6) is 5.75 Å². The van der Waals surface area contributed by atoms with Gasteiger partial charge in [0.25, 0.3) is 0 Å². The van der Waals surface area contributed by atoms with Crippen molar-refractivity contribution in [3.05, 3.63) is 162 Å². The number of aromatic hydroxyl groups is 1. The predicted octanol–water partition coefficient (Wildman–Crippen LogP) is 17.9. The number of phenols is 1. The first-order valence-electron chi connectivity index (χ1n) is 25.7. The molecule has 10 rings (SSSR count). The zero-order chi connectivity index (χ0) is 52.2. The van der Waals surface area contributed by atoms with Crippen LogP contribution in [-0.2, 0) is 49.1 Å². The molecule has 8 heteroatoms. The number of phenolic OH excluding ortho intramolecular Hbond substituents is 1. The topological polar surface area (TPSA) is 90.1 Å². The number of nitrogens with zero attached hydrogens (tertiary/aromatic N) is 4. The third kappa shape index (κ3) is 10.0. The molecule has 4 heterocycles. The molecule has 0 fully saturated rings. The van der Waals surface area contributed by atoms with Crippen LogP contribution in [-0.4, -0.2) is 24.6 Å². The van der Waals surface area contributed by atoms with Crippen LogP contribution in [0.2, 0.25) is 0 Å². The summed E-state index contributed by atoms with van der Waals surface area (Å²) in [7, 11) is 0. The Morgan fingerprint density at radius 3 is 1.91 bits per heavy atom. The molecule has 1 N–H and O–H groups in total. The summed E-state index contributed by atoms with van der Waals surface area (Å²) in [5.41, 5.74) is 15.5. The van der Waals surface area contributed by atoms with E-state index in [1.54, 1.807) is 6.33 Å². The number of hydrogen-bond donors (Lipinski definition) is 1. The number of aromatic nitrogens is 4. The van der Waals surface area contributed by atoms with E-state index in [1.165, 1.54) is 11.1 Å². The smallest absolute Gasteiger partial charge is 0.171 e. The van der Waals surface area contributed by atoms with Crippen LogP contribution in [0.25, 0.3) is 95.2 Å². The molecule has 0 bridgehead atoms. The molecule has 0 spiro atoms. The van der Waals surface area contributed by atoms with Gasteiger partial charge in [0.1, 0.15) is 34.6 Å². The van der Waals surface area contributed by atoms with Gasteiger partial charge in [-0.05, 0) is 98.2 Å². The summed E-state index contributed by atoms with van der Waals surface area (Å²) in [6.45, 7) is 33.3. The second-order valence-electron chi connectivity index (χ2n) is 25.4. The fraction of sp³-hybridized carbons (Fsp3) is 0.318. The maximum Gasteiger partial charge on any atom is 0.171 e. The van der Waals surface area contributed by atoms with Crippen LogP contribution in [0.4, 0.5) is 0 Å². The van der Waals surface area contributed by atoms with Crippen molar-refractivity contribution in [2.75, 3.05) is 0 Å². The van der Waals surface area contributed by atoms with Crippen LogP contribution < -0.4 is 0 Å². The first-order chi connectivity index (χ1) is 34.2.